The normalized spacial score (nSPS) is 12.4. The first-order valence-electron chi connectivity index (χ1n) is 20.1. The van der Waals surface area contributed by atoms with E-state index in [9.17, 15) is 0 Å². The van der Waals surface area contributed by atoms with E-state index in [-0.39, 0.29) is 0 Å². The van der Waals surface area contributed by atoms with Gasteiger partial charge < -0.3 is 8.98 Å². The highest BCUT2D eigenvalue weighted by Gasteiger charge is 2.25. The van der Waals surface area contributed by atoms with E-state index < -0.39 is 0 Å². The molecule has 0 spiro atoms. The van der Waals surface area contributed by atoms with Crippen molar-refractivity contribution in [3.8, 4) is 22.9 Å². The van der Waals surface area contributed by atoms with Crippen molar-refractivity contribution < 1.29 is 4.42 Å². The van der Waals surface area contributed by atoms with Gasteiger partial charge in [-0.3, -0.25) is 4.57 Å². The molecule has 0 bridgehead atoms. The van der Waals surface area contributed by atoms with Gasteiger partial charge in [0.1, 0.15) is 5.58 Å². The summed E-state index contributed by atoms with van der Waals surface area (Å²) in [6.45, 7) is 0. The SMILES string of the molecule is c1ccc2cc(-c3nc(-n4c5ccccc5c5c4ccc4c6ccccc6n(-c6ccc7ccc8cccc9ccc6c7c89)c45)nc4oc5ccccc5c34)ccc2c1. The molecule has 0 aliphatic heterocycles. The molecule has 272 valence electrons. The molecule has 0 aliphatic carbocycles. The Hall–Kier alpha value is -8.02. The molecule has 59 heavy (non-hydrogen) atoms. The van der Waals surface area contributed by atoms with Crippen LogP contribution >= 0.6 is 0 Å². The van der Waals surface area contributed by atoms with Crippen LogP contribution in [0.3, 0.4) is 0 Å². The molecular formula is C54H30N4O. The number of aromatic nitrogens is 4. The van der Waals surface area contributed by atoms with Crippen molar-refractivity contribution in [2.75, 3.05) is 0 Å². The Balaban J connectivity index is 1.12. The van der Waals surface area contributed by atoms with Crippen molar-refractivity contribution in [2.24, 2.45) is 0 Å². The van der Waals surface area contributed by atoms with Gasteiger partial charge in [0.25, 0.3) is 0 Å². The zero-order valence-electron chi connectivity index (χ0n) is 31.5. The van der Waals surface area contributed by atoms with E-state index in [0.717, 1.165) is 66.0 Å². The highest BCUT2D eigenvalue weighted by Crippen LogP contribution is 2.45. The van der Waals surface area contributed by atoms with Gasteiger partial charge in [0.2, 0.25) is 11.7 Å². The van der Waals surface area contributed by atoms with E-state index in [1.165, 1.54) is 54.0 Å². The van der Waals surface area contributed by atoms with Crippen LogP contribution in [0.2, 0.25) is 0 Å². The summed E-state index contributed by atoms with van der Waals surface area (Å²) in [6, 6.07) is 65.5. The van der Waals surface area contributed by atoms with Gasteiger partial charge in [-0.2, -0.15) is 4.98 Å². The predicted octanol–water partition coefficient (Wildman–Crippen LogP) is 14.3. The standard InChI is InChI=1S/C54H30N4O/c1-2-11-35-30-36(23-20-31(35)10-1)51-50-41-16-5-8-19-46(41)59-53(50)56-54(55-51)58-43-18-7-4-15-39(43)49-45(58)29-27-38-37-14-3-6-17-42(37)57(52(38)49)44-28-25-34-22-21-32-12-9-13-33-24-26-40(44)48(34)47(32)33/h1-30H. The summed E-state index contributed by atoms with van der Waals surface area (Å²) >= 11 is 0. The quantitative estimate of drug-likeness (QED) is 0.169. The Morgan fingerprint density at radius 2 is 1.02 bits per heavy atom. The molecule has 0 unspecified atom stereocenters. The number of hydrogen-bond acceptors (Lipinski definition) is 3. The summed E-state index contributed by atoms with van der Waals surface area (Å²) in [5.41, 5.74) is 8.75. The zero-order valence-corrected chi connectivity index (χ0v) is 31.5. The summed E-state index contributed by atoms with van der Waals surface area (Å²) in [5.74, 6) is 0.565. The molecule has 0 fully saturated rings. The number of hydrogen-bond donors (Lipinski definition) is 0. The maximum atomic E-state index is 6.57. The third-order valence-electron chi connectivity index (χ3n) is 12.7. The first-order valence-corrected chi connectivity index (χ1v) is 20.1. The maximum Gasteiger partial charge on any atom is 0.238 e. The molecule has 0 saturated heterocycles. The highest BCUT2D eigenvalue weighted by molar-refractivity contribution is 6.28. The number of furan rings is 1. The Labute approximate surface area is 335 Å². The highest BCUT2D eigenvalue weighted by atomic mass is 16.3. The van der Waals surface area contributed by atoms with Crippen molar-refractivity contribution in [2.45, 2.75) is 0 Å². The van der Waals surface area contributed by atoms with Crippen molar-refractivity contribution in [3.63, 3.8) is 0 Å². The Morgan fingerprint density at radius 3 is 1.88 bits per heavy atom. The number of nitrogens with zero attached hydrogens (tertiary/aromatic N) is 4. The van der Waals surface area contributed by atoms with Gasteiger partial charge in [-0.25, -0.2) is 4.98 Å². The van der Waals surface area contributed by atoms with E-state index in [2.05, 4.69) is 173 Å². The number of fused-ring (bicyclic) bond motifs is 11. The Kier molecular flexibility index (Phi) is 5.96. The van der Waals surface area contributed by atoms with Gasteiger partial charge in [-0.05, 0) is 74.1 Å². The van der Waals surface area contributed by atoms with E-state index in [1.54, 1.807) is 0 Å². The topological polar surface area (TPSA) is 48.8 Å². The van der Waals surface area contributed by atoms with Gasteiger partial charge >= 0.3 is 0 Å². The average Bonchev–Trinajstić information content (AvgIpc) is 3.95. The van der Waals surface area contributed by atoms with Crippen LogP contribution in [0.1, 0.15) is 0 Å². The Bertz CT molecular complexity index is 4080. The molecular weight excluding hydrogens is 721 g/mol. The average molecular weight is 751 g/mol. The molecule has 0 N–H and O–H groups in total. The molecule has 0 atom stereocenters. The van der Waals surface area contributed by atoms with Gasteiger partial charge in [0, 0.05) is 37.9 Å². The van der Waals surface area contributed by atoms with Gasteiger partial charge in [0.15, 0.2) is 0 Å². The second-order valence-electron chi connectivity index (χ2n) is 15.7. The maximum absolute atomic E-state index is 6.57. The fourth-order valence-electron chi connectivity index (χ4n) is 10.1. The molecule has 0 amide bonds. The van der Waals surface area contributed by atoms with Crippen LogP contribution in [0, 0.1) is 0 Å². The monoisotopic (exact) mass is 750 g/mol. The minimum atomic E-state index is 0.564. The summed E-state index contributed by atoms with van der Waals surface area (Å²) in [6.07, 6.45) is 0. The van der Waals surface area contributed by atoms with E-state index in [4.69, 9.17) is 14.4 Å². The lowest BCUT2D eigenvalue weighted by Gasteiger charge is -2.16. The lowest BCUT2D eigenvalue weighted by molar-refractivity contribution is 0.651. The largest absolute Gasteiger partial charge is 0.437 e. The minimum absolute atomic E-state index is 0.564. The Morgan fingerprint density at radius 1 is 0.373 bits per heavy atom. The van der Waals surface area contributed by atoms with Crippen LogP contribution in [0.4, 0.5) is 0 Å². The third-order valence-corrected chi connectivity index (χ3v) is 12.7. The summed E-state index contributed by atoms with van der Waals surface area (Å²) in [5, 5.41) is 16.6. The van der Waals surface area contributed by atoms with Crippen molar-refractivity contribution in [1.82, 2.24) is 19.1 Å². The zero-order chi connectivity index (χ0) is 38.3. The molecule has 5 nitrogen and oxygen atoms in total. The molecule has 4 aromatic heterocycles. The van der Waals surface area contributed by atoms with Crippen LogP contribution in [0.5, 0.6) is 0 Å². The van der Waals surface area contributed by atoms with Crippen LogP contribution < -0.4 is 0 Å². The fraction of sp³-hybridized carbons (Fsp3) is 0. The number of benzene rings is 10. The molecule has 10 aromatic carbocycles. The second kappa shape index (κ2) is 11.3. The molecule has 0 saturated carbocycles. The first-order chi connectivity index (χ1) is 29.3. The fourth-order valence-corrected chi connectivity index (χ4v) is 10.1. The molecule has 4 heterocycles. The van der Waals surface area contributed by atoms with Crippen molar-refractivity contribution >= 4 is 109 Å². The first kappa shape index (κ1) is 31.1. The number of para-hydroxylation sites is 3. The number of rotatable bonds is 3. The molecule has 0 aliphatic rings. The summed E-state index contributed by atoms with van der Waals surface area (Å²) in [7, 11) is 0. The predicted molar refractivity (Wildman–Crippen MR) is 245 cm³/mol. The van der Waals surface area contributed by atoms with Crippen LogP contribution in [0.25, 0.3) is 132 Å². The van der Waals surface area contributed by atoms with Gasteiger partial charge in [-0.1, -0.05) is 146 Å². The van der Waals surface area contributed by atoms with Crippen LogP contribution in [0.15, 0.2) is 186 Å². The van der Waals surface area contributed by atoms with Crippen LogP contribution in [-0.4, -0.2) is 19.1 Å². The van der Waals surface area contributed by atoms with Crippen molar-refractivity contribution in [3.05, 3.63) is 182 Å². The molecule has 0 radical (unpaired) electrons. The lowest BCUT2D eigenvalue weighted by atomic mass is 9.93. The summed E-state index contributed by atoms with van der Waals surface area (Å²) in [4.78, 5) is 10.8. The van der Waals surface area contributed by atoms with Crippen LogP contribution in [-0.2, 0) is 0 Å². The third kappa shape index (κ3) is 4.13. The van der Waals surface area contributed by atoms with Gasteiger partial charge in [-0.15, -0.1) is 0 Å². The molecule has 14 aromatic rings. The second-order valence-corrected chi connectivity index (χ2v) is 15.7. The molecule has 14 rings (SSSR count). The molecule has 5 heteroatoms. The lowest BCUT2D eigenvalue weighted by Crippen LogP contribution is -2.03. The minimum Gasteiger partial charge on any atom is -0.437 e. The van der Waals surface area contributed by atoms with Gasteiger partial charge in [0.05, 0.1) is 38.8 Å². The summed E-state index contributed by atoms with van der Waals surface area (Å²) < 4.78 is 11.3. The van der Waals surface area contributed by atoms with Crippen molar-refractivity contribution in [1.29, 1.82) is 0 Å². The van der Waals surface area contributed by atoms with E-state index in [1.807, 2.05) is 18.2 Å². The van der Waals surface area contributed by atoms with E-state index >= 15 is 0 Å². The van der Waals surface area contributed by atoms with E-state index in [0.29, 0.717) is 11.7 Å². The smallest absolute Gasteiger partial charge is 0.238 e.